The Balaban J connectivity index is 1.53. The first-order valence-corrected chi connectivity index (χ1v) is 8.68. The van der Waals surface area contributed by atoms with Crippen molar-refractivity contribution in [1.82, 2.24) is 14.0 Å². The summed E-state index contributed by atoms with van der Waals surface area (Å²) in [7, 11) is 2.84. The summed E-state index contributed by atoms with van der Waals surface area (Å²) in [5.74, 6) is -1.29. The number of hydrogen-bond acceptors (Lipinski definition) is 6. The number of esters is 1. The lowest BCUT2D eigenvalue weighted by Gasteiger charge is -2.13. The summed E-state index contributed by atoms with van der Waals surface area (Å²) < 4.78 is 7.29. The Morgan fingerprint density at radius 2 is 1.57 bits per heavy atom. The number of fused-ring (bicyclic) bond motifs is 1. The van der Waals surface area contributed by atoms with E-state index >= 15 is 0 Å². The van der Waals surface area contributed by atoms with E-state index in [4.69, 9.17) is 4.74 Å². The molecule has 0 atom stereocenters. The Kier molecular flexibility index (Phi) is 5.25. The highest BCUT2D eigenvalue weighted by atomic mass is 16.5. The van der Waals surface area contributed by atoms with Crippen LogP contribution in [0.1, 0.15) is 39.3 Å². The fourth-order valence-corrected chi connectivity index (χ4v) is 2.97. The maximum Gasteiger partial charge on any atom is 0.330 e. The number of benzene rings is 1. The van der Waals surface area contributed by atoms with Crippen LogP contribution in [0.2, 0.25) is 0 Å². The first-order chi connectivity index (χ1) is 13.3. The zero-order chi connectivity index (χ0) is 20.4. The van der Waals surface area contributed by atoms with Gasteiger partial charge in [0.1, 0.15) is 6.61 Å². The fourth-order valence-electron chi connectivity index (χ4n) is 2.97. The number of amides is 2. The summed E-state index contributed by atoms with van der Waals surface area (Å²) in [5, 5.41) is 0. The molecule has 1 aliphatic heterocycles. The summed E-state index contributed by atoms with van der Waals surface area (Å²) in [4.78, 5) is 61.1. The number of carbonyl (C=O) groups is 3. The van der Waals surface area contributed by atoms with Crippen LogP contribution >= 0.6 is 0 Å². The smallest absolute Gasteiger partial charge is 0.330 e. The van der Waals surface area contributed by atoms with Gasteiger partial charge in [-0.2, -0.15) is 0 Å². The minimum atomic E-state index is -0.551. The normalized spacial score (nSPS) is 13.0. The van der Waals surface area contributed by atoms with Crippen molar-refractivity contribution in [2.45, 2.75) is 19.4 Å². The molecule has 28 heavy (non-hydrogen) atoms. The Bertz CT molecular complexity index is 1050. The standard InChI is InChI=1S/C19H19N3O6/c1-20-12(10-15(23)21(2)19(20)27)11-28-16(24)8-5-9-22-17(25)13-6-3-4-7-14(13)18(22)26/h3-4,6-7,10H,5,8-9,11H2,1-2H3. The monoisotopic (exact) mass is 385 g/mol. The van der Waals surface area contributed by atoms with Crippen LogP contribution in [0.4, 0.5) is 0 Å². The van der Waals surface area contributed by atoms with Crippen molar-refractivity contribution in [3.05, 3.63) is 68.0 Å². The molecule has 2 aromatic rings. The van der Waals surface area contributed by atoms with Crippen molar-refractivity contribution in [3.8, 4) is 0 Å². The molecule has 2 amide bonds. The number of imide groups is 1. The Hall–Kier alpha value is -3.49. The lowest BCUT2D eigenvalue weighted by atomic mass is 10.1. The second-order valence-corrected chi connectivity index (χ2v) is 6.45. The van der Waals surface area contributed by atoms with Crippen molar-refractivity contribution in [2.24, 2.45) is 14.1 Å². The molecule has 0 fully saturated rings. The van der Waals surface area contributed by atoms with E-state index in [9.17, 15) is 24.0 Å². The van der Waals surface area contributed by atoms with Crippen molar-refractivity contribution in [2.75, 3.05) is 6.54 Å². The largest absolute Gasteiger partial charge is 0.459 e. The molecular weight excluding hydrogens is 366 g/mol. The molecule has 2 heterocycles. The Labute approximate surface area is 159 Å². The van der Waals surface area contributed by atoms with Crippen molar-refractivity contribution >= 4 is 17.8 Å². The predicted molar refractivity (Wildman–Crippen MR) is 97.8 cm³/mol. The third-order valence-corrected chi connectivity index (χ3v) is 4.65. The van der Waals surface area contributed by atoms with Gasteiger partial charge in [-0.3, -0.25) is 33.2 Å². The second-order valence-electron chi connectivity index (χ2n) is 6.45. The molecule has 9 nitrogen and oxygen atoms in total. The van der Waals surface area contributed by atoms with E-state index in [-0.39, 0.29) is 43.5 Å². The van der Waals surface area contributed by atoms with E-state index in [0.717, 1.165) is 9.47 Å². The lowest BCUT2D eigenvalue weighted by molar-refractivity contribution is -0.145. The average Bonchev–Trinajstić information content (AvgIpc) is 2.93. The number of aromatic nitrogens is 2. The van der Waals surface area contributed by atoms with Crippen LogP contribution in [0.25, 0.3) is 0 Å². The minimum Gasteiger partial charge on any atom is -0.459 e. The third-order valence-electron chi connectivity index (χ3n) is 4.65. The quantitative estimate of drug-likeness (QED) is 0.519. The first kappa shape index (κ1) is 19.3. The van der Waals surface area contributed by atoms with Crippen molar-refractivity contribution in [1.29, 1.82) is 0 Å². The number of nitrogens with zero attached hydrogens (tertiary/aromatic N) is 3. The predicted octanol–water partition coefficient (Wildman–Crippen LogP) is 0.204. The van der Waals surface area contributed by atoms with Gasteiger partial charge >= 0.3 is 11.7 Å². The molecule has 0 bridgehead atoms. The van der Waals surface area contributed by atoms with Crippen LogP contribution in [0.5, 0.6) is 0 Å². The van der Waals surface area contributed by atoms with Gasteiger partial charge in [0.25, 0.3) is 17.4 Å². The van der Waals surface area contributed by atoms with E-state index in [0.29, 0.717) is 11.1 Å². The van der Waals surface area contributed by atoms with Crippen LogP contribution in [-0.2, 0) is 30.2 Å². The average molecular weight is 385 g/mol. The zero-order valence-electron chi connectivity index (χ0n) is 15.5. The van der Waals surface area contributed by atoms with Crippen LogP contribution in [0.3, 0.4) is 0 Å². The maximum absolute atomic E-state index is 12.2. The summed E-state index contributed by atoms with van der Waals surface area (Å²) in [6.45, 7) is -0.112. The highest BCUT2D eigenvalue weighted by Gasteiger charge is 2.34. The molecule has 0 unspecified atom stereocenters. The van der Waals surface area contributed by atoms with E-state index in [1.807, 2.05) is 0 Å². The van der Waals surface area contributed by atoms with Crippen molar-refractivity contribution in [3.63, 3.8) is 0 Å². The van der Waals surface area contributed by atoms with Gasteiger partial charge in [0.2, 0.25) is 0 Å². The van der Waals surface area contributed by atoms with Crippen LogP contribution < -0.4 is 11.2 Å². The van der Waals surface area contributed by atoms with Crippen LogP contribution in [0, 0.1) is 0 Å². The molecule has 0 saturated heterocycles. The van der Waals surface area contributed by atoms with E-state index in [1.54, 1.807) is 24.3 Å². The van der Waals surface area contributed by atoms with Gasteiger partial charge in [0, 0.05) is 33.1 Å². The molecule has 3 rings (SSSR count). The maximum atomic E-state index is 12.2. The molecule has 1 aliphatic rings. The van der Waals surface area contributed by atoms with Crippen LogP contribution in [0.15, 0.2) is 39.9 Å². The summed E-state index contributed by atoms with van der Waals surface area (Å²) >= 11 is 0. The lowest BCUT2D eigenvalue weighted by Crippen LogP contribution is -2.38. The van der Waals surface area contributed by atoms with Gasteiger partial charge in [-0.25, -0.2) is 4.79 Å². The minimum absolute atomic E-state index is 0.00774. The molecule has 1 aromatic carbocycles. The third kappa shape index (κ3) is 3.51. The van der Waals surface area contributed by atoms with E-state index in [1.165, 1.54) is 24.7 Å². The number of ether oxygens (including phenoxy) is 1. The van der Waals surface area contributed by atoms with Crippen LogP contribution in [-0.4, -0.2) is 38.4 Å². The number of rotatable bonds is 6. The van der Waals surface area contributed by atoms with Gasteiger partial charge in [-0.05, 0) is 18.6 Å². The molecule has 1 aromatic heterocycles. The number of carbonyl (C=O) groups excluding carboxylic acids is 3. The molecular formula is C19H19N3O6. The molecule has 0 spiro atoms. The fraction of sp³-hybridized carbons (Fsp3) is 0.316. The summed E-state index contributed by atoms with van der Waals surface area (Å²) in [6, 6.07) is 7.80. The highest BCUT2D eigenvalue weighted by molar-refractivity contribution is 6.21. The molecule has 146 valence electrons. The Morgan fingerprint density at radius 1 is 0.964 bits per heavy atom. The molecule has 0 N–H and O–H groups in total. The second kappa shape index (κ2) is 7.63. The topological polar surface area (TPSA) is 108 Å². The SMILES string of the molecule is Cn1c(COC(=O)CCCN2C(=O)c3ccccc3C2=O)cc(=O)n(C)c1=O. The first-order valence-electron chi connectivity index (χ1n) is 8.68. The van der Waals surface area contributed by atoms with E-state index in [2.05, 4.69) is 0 Å². The molecule has 0 saturated carbocycles. The zero-order valence-corrected chi connectivity index (χ0v) is 15.5. The van der Waals surface area contributed by atoms with Gasteiger partial charge < -0.3 is 4.74 Å². The summed E-state index contributed by atoms with van der Waals surface area (Å²) in [6.07, 6.45) is 0.242. The van der Waals surface area contributed by atoms with Gasteiger partial charge in [-0.1, -0.05) is 12.1 Å². The van der Waals surface area contributed by atoms with Crippen molar-refractivity contribution < 1.29 is 19.1 Å². The number of hydrogen-bond donors (Lipinski definition) is 0. The summed E-state index contributed by atoms with van der Waals surface area (Å²) in [5.41, 5.74) is 0.00838. The molecule has 0 aliphatic carbocycles. The van der Waals surface area contributed by atoms with E-state index < -0.39 is 17.2 Å². The Morgan fingerprint density at radius 3 is 2.18 bits per heavy atom. The van der Waals surface area contributed by atoms with Gasteiger partial charge in [0.15, 0.2) is 0 Å². The van der Waals surface area contributed by atoms with Gasteiger partial charge in [0.05, 0.1) is 16.8 Å². The molecule has 0 radical (unpaired) electrons. The molecule has 9 heteroatoms. The van der Waals surface area contributed by atoms with Gasteiger partial charge in [-0.15, -0.1) is 0 Å². The highest BCUT2D eigenvalue weighted by Crippen LogP contribution is 2.22.